The van der Waals surface area contributed by atoms with Crippen molar-refractivity contribution in [3.8, 4) is 5.75 Å². The van der Waals surface area contributed by atoms with Gasteiger partial charge in [-0.1, -0.05) is 37.6 Å². The Morgan fingerprint density at radius 3 is 2.53 bits per heavy atom. The van der Waals surface area contributed by atoms with Crippen LogP contribution in [0.5, 0.6) is 5.75 Å². The number of hydrogen-bond donors (Lipinski definition) is 3. The Balaban J connectivity index is 1.76. The molecule has 0 spiro atoms. The summed E-state index contributed by atoms with van der Waals surface area (Å²) < 4.78 is 4.83. The smallest absolute Gasteiger partial charge is 0.354 e. The molecule has 0 unspecified atom stereocenters. The van der Waals surface area contributed by atoms with Crippen LogP contribution in [0.1, 0.15) is 61.6 Å². The average molecular weight is 528 g/mol. The molecule has 2 amide bonds. The van der Waals surface area contributed by atoms with Gasteiger partial charge in [-0.05, 0) is 48.9 Å². The highest BCUT2D eigenvalue weighted by Crippen LogP contribution is 2.26. The van der Waals surface area contributed by atoms with Crippen LogP contribution in [-0.2, 0) is 16.1 Å². The van der Waals surface area contributed by atoms with Gasteiger partial charge in [0.25, 0.3) is 11.8 Å². The predicted molar refractivity (Wildman–Crippen MR) is 139 cm³/mol. The van der Waals surface area contributed by atoms with Crippen molar-refractivity contribution < 1.29 is 24.2 Å². The van der Waals surface area contributed by atoms with Crippen LogP contribution in [0.15, 0.2) is 48.2 Å². The van der Waals surface area contributed by atoms with Gasteiger partial charge in [-0.25, -0.2) is 9.78 Å². The lowest BCUT2D eigenvalue weighted by atomic mass is 10.1. The van der Waals surface area contributed by atoms with Crippen molar-refractivity contribution in [3.05, 3.63) is 85.5 Å². The first-order chi connectivity index (χ1) is 17.1. The molecule has 0 radical (unpaired) electrons. The fraction of sp³-hybridized carbons (Fsp3) is 0.231. The third-order valence-electron chi connectivity index (χ3n) is 5.11. The normalized spacial score (nSPS) is 11.3. The summed E-state index contributed by atoms with van der Waals surface area (Å²) >= 11 is 7.74. The lowest BCUT2D eigenvalue weighted by Gasteiger charge is -2.11. The van der Waals surface area contributed by atoms with Crippen molar-refractivity contribution in [2.75, 3.05) is 7.11 Å². The second kappa shape index (κ2) is 11.8. The van der Waals surface area contributed by atoms with Crippen LogP contribution in [0, 0.1) is 6.92 Å². The summed E-state index contributed by atoms with van der Waals surface area (Å²) in [7, 11) is 1.22. The maximum Gasteiger partial charge on any atom is 0.354 e. The fourth-order valence-electron chi connectivity index (χ4n) is 3.18. The molecule has 3 aromatic rings. The van der Waals surface area contributed by atoms with E-state index in [1.54, 1.807) is 18.2 Å². The molecule has 3 N–H and O–H groups in total. The quantitative estimate of drug-likeness (QED) is 0.286. The van der Waals surface area contributed by atoms with Crippen molar-refractivity contribution in [2.24, 2.45) is 0 Å². The van der Waals surface area contributed by atoms with Gasteiger partial charge in [-0.3, -0.25) is 9.59 Å². The number of aromatic hydroxyl groups is 1. The van der Waals surface area contributed by atoms with E-state index in [0.717, 1.165) is 21.1 Å². The summed E-state index contributed by atoms with van der Waals surface area (Å²) in [4.78, 5) is 43.0. The van der Waals surface area contributed by atoms with E-state index in [1.807, 2.05) is 20.8 Å². The Kier molecular flexibility index (Phi) is 8.84. The molecule has 2 aromatic carbocycles. The molecule has 3 rings (SSSR count). The highest BCUT2D eigenvalue weighted by Gasteiger charge is 2.20. The highest BCUT2D eigenvalue weighted by molar-refractivity contribution is 7.12. The number of esters is 1. The number of amides is 2. The van der Waals surface area contributed by atoms with Gasteiger partial charge in [0.05, 0.1) is 33.3 Å². The molecular weight excluding hydrogens is 502 g/mol. The first-order valence-electron chi connectivity index (χ1n) is 11.0. The first kappa shape index (κ1) is 26.9. The van der Waals surface area contributed by atoms with Crippen LogP contribution in [0.2, 0.25) is 5.02 Å². The van der Waals surface area contributed by atoms with E-state index < -0.39 is 17.8 Å². The number of nitrogens with one attached hydrogen (secondary N) is 2. The molecule has 1 heterocycles. The van der Waals surface area contributed by atoms with Crippen LogP contribution in [0.3, 0.4) is 0 Å². The van der Waals surface area contributed by atoms with E-state index in [9.17, 15) is 19.5 Å². The zero-order chi connectivity index (χ0) is 26.4. The topological polar surface area (TPSA) is 118 Å². The van der Waals surface area contributed by atoms with Crippen molar-refractivity contribution >= 4 is 46.8 Å². The minimum atomic E-state index is -0.721. The molecule has 0 saturated heterocycles. The van der Waals surface area contributed by atoms with Crippen molar-refractivity contribution in [1.82, 2.24) is 15.6 Å². The molecule has 0 bridgehead atoms. The zero-order valence-electron chi connectivity index (χ0n) is 20.2. The fourth-order valence-corrected chi connectivity index (χ4v) is 4.46. The lowest BCUT2D eigenvalue weighted by molar-refractivity contribution is -0.136. The summed E-state index contributed by atoms with van der Waals surface area (Å²) in [6, 6.07) is 10.8. The molecule has 0 atom stereocenters. The largest absolute Gasteiger partial charge is 0.508 e. The number of aryl methyl sites for hydroxylation is 1. The second-order valence-corrected chi connectivity index (χ2v) is 9.68. The van der Waals surface area contributed by atoms with E-state index in [2.05, 4.69) is 15.6 Å². The van der Waals surface area contributed by atoms with Gasteiger partial charge in [0.2, 0.25) is 0 Å². The minimum absolute atomic E-state index is 0.0396. The number of ether oxygens (including phenoxy) is 1. The van der Waals surface area contributed by atoms with Crippen molar-refractivity contribution in [2.45, 2.75) is 33.2 Å². The van der Waals surface area contributed by atoms with Gasteiger partial charge in [-0.2, -0.15) is 0 Å². The Morgan fingerprint density at radius 2 is 1.92 bits per heavy atom. The molecule has 188 valence electrons. The van der Waals surface area contributed by atoms with Gasteiger partial charge >= 0.3 is 5.97 Å². The average Bonchev–Trinajstić information content (AvgIpc) is 3.21. The molecule has 8 nitrogen and oxygen atoms in total. The third kappa shape index (κ3) is 6.71. The molecule has 1 aromatic heterocycles. The number of rotatable bonds is 8. The second-order valence-electron chi connectivity index (χ2n) is 8.21. The number of phenolic OH excluding ortho intramolecular Hbond substituents is 1. The maximum atomic E-state index is 12.9. The van der Waals surface area contributed by atoms with Crippen LogP contribution < -0.4 is 10.6 Å². The highest BCUT2D eigenvalue weighted by atomic mass is 35.5. The number of benzene rings is 2. The number of hydrogen-bond acceptors (Lipinski definition) is 7. The Morgan fingerprint density at radius 1 is 1.17 bits per heavy atom. The molecule has 10 heteroatoms. The molecule has 0 saturated carbocycles. The number of methoxy groups -OCH3 is 1. The minimum Gasteiger partial charge on any atom is -0.508 e. The summed E-state index contributed by atoms with van der Waals surface area (Å²) in [6.45, 7) is 6.07. The van der Waals surface area contributed by atoms with Gasteiger partial charge < -0.3 is 20.5 Å². The predicted octanol–water partition coefficient (Wildman–Crippen LogP) is 4.81. The zero-order valence-corrected chi connectivity index (χ0v) is 21.8. The first-order valence-corrected chi connectivity index (χ1v) is 12.2. The maximum absolute atomic E-state index is 12.9. The van der Waals surface area contributed by atoms with Crippen LogP contribution in [-0.4, -0.2) is 35.0 Å². The van der Waals surface area contributed by atoms with Gasteiger partial charge in [0, 0.05) is 18.0 Å². The lowest BCUT2D eigenvalue weighted by Crippen LogP contribution is -2.28. The summed E-state index contributed by atoms with van der Waals surface area (Å²) in [5.41, 5.74) is 1.73. The SMILES string of the molecule is COC(=O)/C(=C/c1sc(C(C)C)nc1C)NC(=O)c1ccc(C(=O)NCc2cccc(O)c2)cc1Cl. The van der Waals surface area contributed by atoms with Crippen molar-refractivity contribution in [1.29, 1.82) is 0 Å². The van der Waals surface area contributed by atoms with E-state index in [0.29, 0.717) is 0 Å². The number of aromatic nitrogens is 1. The Labute approximate surface area is 218 Å². The monoisotopic (exact) mass is 527 g/mol. The standard InChI is InChI=1S/C26H26ClN3O5S/c1-14(2)25-29-15(3)22(36-25)12-21(26(34)35-4)30-24(33)19-9-8-17(11-20(19)27)23(32)28-13-16-6-5-7-18(31)10-16/h5-12,14,31H,13H2,1-4H3,(H,28,32)(H,30,33)/b21-12-. The van der Waals surface area contributed by atoms with E-state index in [4.69, 9.17) is 16.3 Å². The summed E-state index contributed by atoms with van der Waals surface area (Å²) in [6.07, 6.45) is 1.53. The van der Waals surface area contributed by atoms with E-state index >= 15 is 0 Å². The van der Waals surface area contributed by atoms with Crippen LogP contribution >= 0.6 is 22.9 Å². The Hall–Kier alpha value is -3.69. The van der Waals surface area contributed by atoms with Crippen molar-refractivity contribution in [3.63, 3.8) is 0 Å². The number of nitrogens with zero attached hydrogens (tertiary/aromatic N) is 1. The molecule has 0 aliphatic heterocycles. The number of halogens is 1. The van der Waals surface area contributed by atoms with Gasteiger partial charge in [0.1, 0.15) is 11.4 Å². The Bertz CT molecular complexity index is 1330. The van der Waals surface area contributed by atoms with Gasteiger partial charge in [0.15, 0.2) is 0 Å². The van der Waals surface area contributed by atoms with Crippen LogP contribution in [0.4, 0.5) is 0 Å². The number of phenols is 1. The van der Waals surface area contributed by atoms with Gasteiger partial charge in [-0.15, -0.1) is 11.3 Å². The van der Waals surface area contributed by atoms with E-state index in [1.165, 1.54) is 48.8 Å². The number of carbonyl (C=O) groups excluding carboxylic acids is 3. The number of thiazole rings is 1. The molecule has 0 fully saturated rings. The molecule has 36 heavy (non-hydrogen) atoms. The number of carbonyl (C=O) groups is 3. The van der Waals surface area contributed by atoms with Crippen LogP contribution in [0.25, 0.3) is 6.08 Å². The molecular formula is C26H26ClN3O5S. The molecule has 0 aliphatic carbocycles. The summed E-state index contributed by atoms with van der Waals surface area (Å²) in [5.74, 6) is -1.42. The van der Waals surface area contributed by atoms with E-state index in [-0.39, 0.29) is 40.1 Å². The summed E-state index contributed by atoms with van der Waals surface area (Å²) in [5, 5.41) is 15.8. The molecule has 0 aliphatic rings. The third-order valence-corrected chi connectivity index (χ3v) is 6.83.